The van der Waals surface area contributed by atoms with E-state index in [2.05, 4.69) is 0 Å². The molecule has 1 aliphatic heterocycles. The summed E-state index contributed by atoms with van der Waals surface area (Å²) in [5.41, 5.74) is 5.57. The molecular formula is C10H20N2O2. The normalized spacial score (nSPS) is 23.9. The lowest BCUT2D eigenvalue weighted by Crippen LogP contribution is -2.46. The molecule has 1 amide bonds. The molecule has 0 aromatic heterocycles. The highest BCUT2D eigenvalue weighted by atomic mass is 16.5. The van der Waals surface area contributed by atoms with Gasteiger partial charge in [0.1, 0.15) is 0 Å². The predicted octanol–water partition coefficient (Wildman–Crippen LogP) is 0.361. The smallest absolute Gasteiger partial charge is 0.239 e. The van der Waals surface area contributed by atoms with Crippen molar-refractivity contribution < 1.29 is 9.53 Å². The third-order valence-corrected chi connectivity index (χ3v) is 2.56. The van der Waals surface area contributed by atoms with Crippen molar-refractivity contribution in [2.45, 2.75) is 38.8 Å². The van der Waals surface area contributed by atoms with Gasteiger partial charge in [-0.15, -0.1) is 0 Å². The van der Waals surface area contributed by atoms with Gasteiger partial charge in [0.2, 0.25) is 5.91 Å². The van der Waals surface area contributed by atoms with Gasteiger partial charge in [-0.2, -0.15) is 0 Å². The number of amides is 1. The second-order valence-corrected chi connectivity index (χ2v) is 3.78. The third-order valence-electron chi connectivity index (χ3n) is 2.56. The summed E-state index contributed by atoms with van der Waals surface area (Å²) in [5.74, 6) is 0.0483. The van der Waals surface area contributed by atoms with E-state index in [9.17, 15) is 4.79 Å². The third kappa shape index (κ3) is 2.69. The summed E-state index contributed by atoms with van der Waals surface area (Å²) in [7, 11) is 0. The van der Waals surface area contributed by atoms with Gasteiger partial charge in [0.15, 0.2) is 0 Å². The van der Waals surface area contributed by atoms with E-state index < -0.39 is 6.04 Å². The molecule has 1 fully saturated rings. The quantitative estimate of drug-likeness (QED) is 0.713. The Morgan fingerprint density at radius 1 is 1.71 bits per heavy atom. The van der Waals surface area contributed by atoms with Gasteiger partial charge in [0.25, 0.3) is 0 Å². The Kier molecular flexibility index (Phi) is 4.35. The molecule has 0 aromatic rings. The molecule has 82 valence electrons. The van der Waals surface area contributed by atoms with E-state index in [0.717, 1.165) is 19.4 Å². The number of hydrogen-bond donors (Lipinski definition) is 1. The molecule has 0 spiro atoms. The van der Waals surface area contributed by atoms with E-state index in [0.29, 0.717) is 13.2 Å². The Balaban J connectivity index is 2.46. The number of nitrogens with zero attached hydrogens (tertiary/aromatic N) is 1. The molecule has 2 unspecified atom stereocenters. The van der Waals surface area contributed by atoms with Gasteiger partial charge < -0.3 is 15.4 Å². The van der Waals surface area contributed by atoms with Crippen molar-refractivity contribution >= 4 is 5.91 Å². The van der Waals surface area contributed by atoms with Crippen LogP contribution in [0, 0.1) is 0 Å². The van der Waals surface area contributed by atoms with Crippen LogP contribution in [0.4, 0.5) is 0 Å². The van der Waals surface area contributed by atoms with Gasteiger partial charge in [0, 0.05) is 13.2 Å². The van der Waals surface area contributed by atoms with Crippen LogP contribution >= 0.6 is 0 Å². The van der Waals surface area contributed by atoms with Crippen LogP contribution in [0.1, 0.15) is 26.7 Å². The minimum Gasteiger partial charge on any atom is -0.380 e. The van der Waals surface area contributed by atoms with Gasteiger partial charge in [0.05, 0.1) is 18.7 Å². The van der Waals surface area contributed by atoms with E-state index in [1.54, 1.807) is 6.92 Å². The highest BCUT2D eigenvalue weighted by Crippen LogP contribution is 2.18. The van der Waals surface area contributed by atoms with Crippen molar-refractivity contribution in [1.29, 1.82) is 0 Å². The summed E-state index contributed by atoms with van der Waals surface area (Å²) in [4.78, 5) is 13.5. The summed E-state index contributed by atoms with van der Waals surface area (Å²) in [6.07, 6.45) is 2.11. The molecule has 0 radical (unpaired) electrons. The summed E-state index contributed by atoms with van der Waals surface area (Å²) in [5, 5.41) is 0. The fraction of sp³-hybridized carbons (Fsp3) is 0.900. The lowest BCUT2D eigenvalue weighted by atomic mass is 10.2. The first-order chi connectivity index (χ1) is 6.66. The van der Waals surface area contributed by atoms with Crippen LogP contribution in [0.25, 0.3) is 0 Å². The zero-order valence-corrected chi connectivity index (χ0v) is 9.03. The van der Waals surface area contributed by atoms with E-state index >= 15 is 0 Å². The van der Waals surface area contributed by atoms with Crippen molar-refractivity contribution in [2.75, 3.05) is 19.8 Å². The Bertz CT molecular complexity index is 195. The summed E-state index contributed by atoms with van der Waals surface area (Å²) < 4.78 is 5.34. The molecule has 0 aromatic carbocycles. The molecule has 0 saturated carbocycles. The molecule has 4 nitrogen and oxygen atoms in total. The van der Waals surface area contributed by atoms with Crippen LogP contribution in [-0.2, 0) is 9.53 Å². The number of carbonyl (C=O) groups excluding carboxylic acids is 1. The minimum atomic E-state index is -0.391. The highest BCUT2D eigenvalue weighted by molar-refractivity contribution is 5.81. The van der Waals surface area contributed by atoms with Gasteiger partial charge in [-0.1, -0.05) is 0 Å². The molecule has 0 aliphatic carbocycles. The topological polar surface area (TPSA) is 55.6 Å². The summed E-state index contributed by atoms with van der Waals surface area (Å²) in [6, 6.07) is -0.148. The Morgan fingerprint density at radius 3 is 3.00 bits per heavy atom. The van der Waals surface area contributed by atoms with Crippen molar-refractivity contribution in [1.82, 2.24) is 4.90 Å². The lowest BCUT2D eigenvalue weighted by Gasteiger charge is -2.25. The van der Waals surface area contributed by atoms with E-state index in [1.807, 2.05) is 11.8 Å². The SMILES string of the molecule is CCOCC1CCCN1C(=O)C(C)N. The van der Waals surface area contributed by atoms with Crippen molar-refractivity contribution in [3.8, 4) is 0 Å². The van der Waals surface area contributed by atoms with Crippen molar-refractivity contribution in [2.24, 2.45) is 5.73 Å². The minimum absolute atomic E-state index is 0.0483. The second kappa shape index (κ2) is 5.32. The molecular weight excluding hydrogens is 180 g/mol. The highest BCUT2D eigenvalue weighted by Gasteiger charge is 2.29. The van der Waals surface area contributed by atoms with Crippen LogP contribution in [0.15, 0.2) is 0 Å². The maximum absolute atomic E-state index is 11.7. The van der Waals surface area contributed by atoms with Crippen molar-refractivity contribution in [3.63, 3.8) is 0 Å². The number of rotatable bonds is 4. The van der Waals surface area contributed by atoms with Crippen LogP contribution in [0.2, 0.25) is 0 Å². The number of carbonyl (C=O) groups is 1. The standard InChI is InChI=1S/C10H20N2O2/c1-3-14-7-9-5-4-6-12(9)10(13)8(2)11/h8-9H,3-7,11H2,1-2H3. The Hall–Kier alpha value is -0.610. The zero-order chi connectivity index (χ0) is 10.6. The molecule has 1 heterocycles. The number of ether oxygens (including phenoxy) is 1. The average Bonchev–Trinajstić information content (AvgIpc) is 2.61. The molecule has 14 heavy (non-hydrogen) atoms. The number of nitrogens with two attached hydrogens (primary N) is 1. The summed E-state index contributed by atoms with van der Waals surface area (Å²) in [6.45, 7) is 5.88. The molecule has 1 aliphatic rings. The predicted molar refractivity (Wildman–Crippen MR) is 54.9 cm³/mol. The van der Waals surface area contributed by atoms with Gasteiger partial charge in [-0.25, -0.2) is 0 Å². The van der Waals surface area contributed by atoms with E-state index in [4.69, 9.17) is 10.5 Å². The van der Waals surface area contributed by atoms with E-state index in [-0.39, 0.29) is 11.9 Å². The van der Waals surface area contributed by atoms with Crippen LogP contribution < -0.4 is 5.73 Å². The second-order valence-electron chi connectivity index (χ2n) is 3.78. The fourth-order valence-electron chi connectivity index (χ4n) is 1.81. The fourth-order valence-corrected chi connectivity index (χ4v) is 1.81. The Morgan fingerprint density at radius 2 is 2.43 bits per heavy atom. The van der Waals surface area contributed by atoms with Gasteiger partial charge in [-0.05, 0) is 26.7 Å². The first kappa shape index (κ1) is 11.5. The maximum Gasteiger partial charge on any atom is 0.239 e. The molecule has 4 heteroatoms. The van der Waals surface area contributed by atoms with Crippen molar-refractivity contribution in [3.05, 3.63) is 0 Å². The molecule has 2 N–H and O–H groups in total. The Labute approximate surface area is 85.4 Å². The monoisotopic (exact) mass is 200 g/mol. The molecule has 1 saturated heterocycles. The first-order valence-electron chi connectivity index (χ1n) is 5.30. The number of likely N-dealkylation sites (tertiary alicyclic amines) is 1. The largest absolute Gasteiger partial charge is 0.380 e. The molecule has 2 atom stereocenters. The molecule has 0 bridgehead atoms. The van der Waals surface area contributed by atoms with E-state index in [1.165, 1.54) is 0 Å². The first-order valence-corrected chi connectivity index (χ1v) is 5.30. The van der Waals surface area contributed by atoms with Crippen LogP contribution in [0.5, 0.6) is 0 Å². The van der Waals surface area contributed by atoms with Crippen LogP contribution in [-0.4, -0.2) is 42.6 Å². The lowest BCUT2D eigenvalue weighted by molar-refractivity contribution is -0.134. The van der Waals surface area contributed by atoms with Crippen LogP contribution in [0.3, 0.4) is 0 Å². The molecule has 1 rings (SSSR count). The maximum atomic E-state index is 11.7. The number of hydrogen-bond acceptors (Lipinski definition) is 3. The average molecular weight is 200 g/mol. The zero-order valence-electron chi connectivity index (χ0n) is 9.03. The van der Waals surface area contributed by atoms with Gasteiger partial charge in [-0.3, -0.25) is 4.79 Å². The summed E-state index contributed by atoms with van der Waals surface area (Å²) >= 11 is 0. The van der Waals surface area contributed by atoms with Gasteiger partial charge >= 0.3 is 0 Å².